The van der Waals surface area contributed by atoms with Gasteiger partial charge in [0, 0.05) is 0 Å². The molecule has 0 aromatic heterocycles. The van der Waals surface area contributed by atoms with Gasteiger partial charge in [0.2, 0.25) is 5.70 Å². The first-order chi connectivity index (χ1) is 22.7. The first-order valence-corrected chi connectivity index (χ1v) is 15.3. The Hall–Kier alpha value is -6.48. The summed E-state index contributed by atoms with van der Waals surface area (Å²) in [7, 11) is 0. The van der Waals surface area contributed by atoms with Crippen LogP contribution in [0, 0.1) is 17.9 Å². The minimum atomic E-state index is 0.357. The normalized spacial score (nSPS) is 11.8. The van der Waals surface area contributed by atoms with Gasteiger partial charge in [0.25, 0.3) is 0 Å². The molecule has 0 spiro atoms. The maximum atomic E-state index is 10.3. The van der Waals surface area contributed by atoms with E-state index in [9.17, 15) is 5.26 Å². The van der Waals surface area contributed by atoms with Gasteiger partial charge in [0.1, 0.15) is 0 Å². The minimum absolute atomic E-state index is 0.357. The summed E-state index contributed by atoms with van der Waals surface area (Å²) in [6, 6.07) is 57.0. The molecule has 212 valence electrons. The highest BCUT2D eigenvalue weighted by Gasteiger charge is 2.14. The van der Waals surface area contributed by atoms with Gasteiger partial charge in [-0.05, 0) is 107 Å². The number of rotatable bonds is 4. The molecule has 2 heteroatoms. The Morgan fingerprint density at radius 3 is 1.22 bits per heavy atom. The molecule has 0 N–H and O–H groups in total. The second-order valence-corrected chi connectivity index (χ2v) is 11.6. The highest BCUT2D eigenvalue weighted by Crippen LogP contribution is 2.34. The Labute approximate surface area is 267 Å². The zero-order valence-corrected chi connectivity index (χ0v) is 24.9. The smallest absolute Gasteiger partial charge is 0.212 e. The van der Waals surface area contributed by atoms with Gasteiger partial charge >= 0.3 is 0 Å². The van der Waals surface area contributed by atoms with E-state index < -0.39 is 0 Å². The van der Waals surface area contributed by atoms with E-state index in [1.807, 2.05) is 36.4 Å². The van der Waals surface area contributed by atoms with Crippen molar-refractivity contribution in [3.63, 3.8) is 0 Å². The molecule has 0 saturated heterocycles. The van der Waals surface area contributed by atoms with Gasteiger partial charge < -0.3 is 0 Å². The molecular formula is C44H26N2. The first-order valence-electron chi connectivity index (χ1n) is 15.3. The fraction of sp³-hybridized carbons (Fsp3) is 0. The fourth-order valence-corrected chi connectivity index (χ4v) is 6.41. The number of nitrogens with zero attached hydrogens (tertiary/aromatic N) is 2. The summed E-state index contributed by atoms with van der Waals surface area (Å²) >= 11 is 0. The molecule has 46 heavy (non-hydrogen) atoms. The van der Waals surface area contributed by atoms with Crippen LogP contribution in [0.5, 0.6) is 0 Å². The van der Waals surface area contributed by atoms with Crippen molar-refractivity contribution in [1.29, 1.82) is 5.26 Å². The third-order valence-electron chi connectivity index (χ3n) is 8.87. The molecule has 8 aromatic rings. The van der Waals surface area contributed by atoms with E-state index in [0.29, 0.717) is 11.3 Å². The molecule has 0 amide bonds. The summed E-state index contributed by atoms with van der Waals surface area (Å²) in [5.74, 6) is 0. The van der Waals surface area contributed by atoms with Gasteiger partial charge in [-0.1, -0.05) is 127 Å². The van der Waals surface area contributed by atoms with Crippen LogP contribution >= 0.6 is 0 Å². The first kappa shape index (κ1) is 27.1. The molecule has 0 fully saturated rings. The fourth-order valence-electron chi connectivity index (χ4n) is 6.41. The van der Waals surface area contributed by atoms with Crippen molar-refractivity contribution < 1.29 is 0 Å². The summed E-state index contributed by atoms with van der Waals surface area (Å²) < 4.78 is 0. The molecule has 0 unspecified atom stereocenters. The maximum Gasteiger partial charge on any atom is 0.212 e. The molecule has 0 aliphatic rings. The topological polar surface area (TPSA) is 28.1 Å². The molecule has 0 radical (unpaired) electrons. The second kappa shape index (κ2) is 11.2. The monoisotopic (exact) mass is 582 g/mol. The quantitative estimate of drug-likeness (QED) is 0.115. The Morgan fingerprint density at radius 1 is 0.413 bits per heavy atom. The molecule has 0 heterocycles. The minimum Gasteiger partial charge on any atom is -0.236 e. The van der Waals surface area contributed by atoms with E-state index in [1.165, 1.54) is 32.7 Å². The lowest BCUT2D eigenvalue weighted by molar-refractivity contribution is 1.52. The van der Waals surface area contributed by atoms with Crippen LogP contribution in [0.15, 0.2) is 158 Å². The Kier molecular flexibility index (Phi) is 6.61. The molecule has 0 atom stereocenters. The number of nitriles is 1. The van der Waals surface area contributed by atoms with Gasteiger partial charge in [-0.15, -0.1) is 0 Å². The number of hydrogen-bond donors (Lipinski definition) is 0. The van der Waals surface area contributed by atoms with Gasteiger partial charge in [-0.25, -0.2) is 4.85 Å². The van der Waals surface area contributed by atoms with Crippen LogP contribution < -0.4 is 0 Å². The lowest BCUT2D eigenvalue weighted by atomic mass is 9.94. The SMILES string of the molecule is [C-]#[N+]/C(=C(/C#N)c1ccc2cc(-c3ccc4ccccc4c3)ccc2c1)c1ccc2cc(-c3ccc4ccccc4c3)ccc2c1. The third-order valence-corrected chi connectivity index (χ3v) is 8.87. The average Bonchev–Trinajstić information content (AvgIpc) is 3.12. The molecule has 0 aliphatic carbocycles. The standard InChI is InChI=1S/C44H26N2/c1-46-44(42-21-19-38-25-36(15-17-40(38)27-42)34-13-11-30-7-3-5-9-32(30)23-34)43(28-45)41-20-18-37-24-35(14-16-39(37)26-41)33-12-10-29-6-2-4-8-31(29)22-33/h2-27H/b44-43-. The highest BCUT2D eigenvalue weighted by molar-refractivity contribution is 6.04. The van der Waals surface area contributed by atoms with Crippen LogP contribution in [0.3, 0.4) is 0 Å². The van der Waals surface area contributed by atoms with Crippen molar-refractivity contribution in [3.8, 4) is 28.3 Å². The summed E-state index contributed by atoms with van der Waals surface area (Å²) in [6.07, 6.45) is 0. The Morgan fingerprint density at radius 2 is 0.761 bits per heavy atom. The van der Waals surface area contributed by atoms with Crippen LogP contribution in [0.25, 0.3) is 81.5 Å². The molecule has 0 saturated carbocycles. The number of benzene rings is 8. The summed E-state index contributed by atoms with van der Waals surface area (Å²) in [5.41, 5.74) is 6.83. The lowest BCUT2D eigenvalue weighted by Gasteiger charge is -2.10. The van der Waals surface area contributed by atoms with Crippen LogP contribution in [0.1, 0.15) is 11.1 Å². The Bertz CT molecular complexity index is 2430. The number of fused-ring (bicyclic) bond motifs is 4. The molecular weight excluding hydrogens is 556 g/mol. The molecule has 2 nitrogen and oxygen atoms in total. The van der Waals surface area contributed by atoms with Gasteiger partial charge in [0.05, 0.1) is 18.2 Å². The summed E-state index contributed by atoms with van der Waals surface area (Å²) in [6.45, 7) is 8.06. The van der Waals surface area contributed by atoms with E-state index in [1.54, 1.807) is 0 Å². The van der Waals surface area contributed by atoms with Crippen molar-refractivity contribution >= 4 is 54.4 Å². The van der Waals surface area contributed by atoms with Crippen molar-refractivity contribution in [2.75, 3.05) is 0 Å². The van der Waals surface area contributed by atoms with E-state index in [4.69, 9.17) is 6.57 Å². The average molecular weight is 583 g/mol. The zero-order chi connectivity index (χ0) is 31.0. The summed E-state index contributed by atoms with van der Waals surface area (Å²) in [5, 5.41) is 19.4. The van der Waals surface area contributed by atoms with E-state index in [2.05, 4.69) is 132 Å². The summed E-state index contributed by atoms with van der Waals surface area (Å²) in [4.78, 5) is 3.87. The van der Waals surface area contributed by atoms with Crippen molar-refractivity contribution in [2.24, 2.45) is 0 Å². The highest BCUT2D eigenvalue weighted by atomic mass is 14.7. The molecule has 8 aromatic carbocycles. The molecule has 0 bridgehead atoms. The number of allylic oxidation sites excluding steroid dienone is 1. The van der Waals surface area contributed by atoms with E-state index in [-0.39, 0.29) is 0 Å². The van der Waals surface area contributed by atoms with Crippen molar-refractivity contribution in [2.45, 2.75) is 0 Å². The maximum absolute atomic E-state index is 10.3. The van der Waals surface area contributed by atoms with Gasteiger partial charge in [-0.2, -0.15) is 5.26 Å². The van der Waals surface area contributed by atoms with Gasteiger partial charge in [0.15, 0.2) is 0 Å². The van der Waals surface area contributed by atoms with E-state index in [0.717, 1.165) is 43.8 Å². The predicted octanol–water partition coefficient (Wildman–Crippen LogP) is 11.9. The van der Waals surface area contributed by atoms with Crippen LogP contribution in [0.2, 0.25) is 0 Å². The van der Waals surface area contributed by atoms with Crippen LogP contribution in [-0.2, 0) is 0 Å². The van der Waals surface area contributed by atoms with Crippen molar-refractivity contribution in [3.05, 3.63) is 180 Å². The number of hydrogen-bond acceptors (Lipinski definition) is 1. The second-order valence-electron chi connectivity index (χ2n) is 11.6. The van der Waals surface area contributed by atoms with Crippen LogP contribution in [0.4, 0.5) is 0 Å². The van der Waals surface area contributed by atoms with Crippen LogP contribution in [-0.4, -0.2) is 0 Å². The van der Waals surface area contributed by atoms with E-state index >= 15 is 0 Å². The Balaban J connectivity index is 1.14. The third kappa shape index (κ3) is 4.86. The predicted molar refractivity (Wildman–Crippen MR) is 193 cm³/mol. The van der Waals surface area contributed by atoms with Gasteiger partial charge in [-0.3, -0.25) is 0 Å². The largest absolute Gasteiger partial charge is 0.236 e. The van der Waals surface area contributed by atoms with Crippen molar-refractivity contribution in [1.82, 2.24) is 0 Å². The molecule has 0 aliphatic heterocycles. The lowest BCUT2D eigenvalue weighted by Crippen LogP contribution is -1.90. The zero-order valence-electron chi connectivity index (χ0n) is 24.9. The molecule has 8 rings (SSSR count).